The number of nitrogens with one attached hydrogen (secondary N) is 2. The van der Waals surface area contributed by atoms with Crippen LogP contribution >= 0.6 is 0 Å². The van der Waals surface area contributed by atoms with E-state index in [4.69, 9.17) is 11.5 Å². The van der Waals surface area contributed by atoms with Crippen LogP contribution in [0.1, 0.15) is 43.2 Å². The molecule has 0 aliphatic heterocycles. The van der Waals surface area contributed by atoms with Crippen LogP contribution in [0.2, 0.25) is 0 Å². The first-order chi connectivity index (χ1) is 15.6. The summed E-state index contributed by atoms with van der Waals surface area (Å²) in [5.74, 6) is -1.09. The van der Waals surface area contributed by atoms with Crippen molar-refractivity contribution in [3.63, 3.8) is 0 Å². The maximum absolute atomic E-state index is 14.9. The van der Waals surface area contributed by atoms with Gasteiger partial charge in [-0.1, -0.05) is 13.8 Å². The SMILES string of the molecule is Cc1ncc(Nc2nc(N[C@H](C3CC3(C)C)[C@H](C)N)c(F)cc2C(N)=O)cc1-n1nccn1. The number of pyridine rings is 2. The van der Waals surface area contributed by atoms with Crippen molar-refractivity contribution >= 4 is 23.2 Å². The molecule has 0 aromatic carbocycles. The number of nitrogens with zero attached hydrogens (tertiary/aromatic N) is 5. The summed E-state index contributed by atoms with van der Waals surface area (Å²) in [7, 11) is 0. The fraction of sp³-hybridized carbons (Fsp3) is 0.409. The number of halogens is 1. The molecule has 3 atom stereocenters. The molecule has 3 heterocycles. The number of hydrogen-bond donors (Lipinski definition) is 4. The van der Waals surface area contributed by atoms with Crippen molar-refractivity contribution in [3.8, 4) is 5.69 Å². The Morgan fingerprint density at radius 2 is 1.94 bits per heavy atom. The average Bonchev–Trinajstić information content (AvgIpc) is 3.13. The number of aryl methyl sites for hydroxylation is 1. The lowest BCUT2D eigenvalue weighted by Gasteiger charge is -2.25. The molecule has 174 valence electrons. The van der Waals surface area contributed by atoms with Crippen molar-refractivity contribution in [3.05, 3.63) is 47.8 Å². The Balaban J connectivity index is 1.68. The number of rotatable bonds is 8. The number of primary amides is 1. The molecule has 33 heavy (non-hydrogen) atoms. The summed E-state index contributed by atoms with van der Waals surface area (Å²) >= 11 is 0. The smallest absolute Gasteiger partial charge is 0.252 e. The minimum absolute atomic E-state index is 0.00142. The number of carbonyl (C=O) groups is 1. The normalized spacial score (nSPS) is 18.4. The van der Waals surface area contributed by atoms with E-state index in [1.165, 1.54) is 4.80 Å². The van der Waals surface area contributed by atoms with Gasteiger partial charge in [0.25, 0.3) is 5.91 Å². The third-order valence-electron chi connectivity index (χ3n) is 6.09. The summed E-state index contributed by atoms with van der Waals surface area (Å²) in [5, 5.41) is 14.4. The Labute approximate surface area is 191 Å². The second-order valence-corrected chi connectivity index (χ2v) is 9.18. The van der Waals surface area contributed by atoms with E-state index < -0.39 is 11.7 Å². The summed E-state index contributed by atoms with van der Waals surface area (Å²) in [6, 6.07) is 2.43. The fourth-order valence-electron chi connectivity index (χ4n) is 4.02. The number of hydrogen-bond acceptors (Lipinski definition) is 8. The number of anilines is 3. The molecule has 1 fully saturated rings. The van der Waals surface area contributed by atoms with Gasteiger partial charge in [0.2, 0.25) is 0 Å². The van der Waals surface area contributed by atoms with Crippen LogP contribution in [0.5, 0.6) is 0 Å². The van der Waals surface area contributed by atoms with Gasteiger partial charge in [-0.15, -0.1) is 4.80 Å². The maximum atomic E-state index is 14.9. The molecule has 1 aliphatic carbocycles. The highest BCUT2D eigenvalue weighted by Gasteiger charge is 2.51. The molecule has 1 amide bonds. The summed E-state index contributed by atoms with van der Waals surface area (Å²) in [6.07, 6.45) is 5.67. The van der Waals surface area contributed by atoms with E-state index in [0.29, 0.717) is 17.1 Å². The number of nitrogens with two attached hydrogens (primary N) is 2. The first kappa shape index (κ1) is 22.6. The zero-order chi connectivity index (χ0) is 23.9. The molecule has 0 saturated heterocycles. The molecular formula is C22H28FN9O. The van der Waals surface area contributed by atoms with E-state index in [1.54, 1.807) is 24.7 Å². The lowest BCUT2D eigenvalue weighted by molar-refractivity contribution is 0.100. The molecule has 0 bridgehead atoms. The van der Waals surface area contributed by atoms with E-state index in [9.17, 15) is 9.18 Å². The monoisotopic (exact) mass is 453 g/mol. The zero-order valence-electron chi connectivity index (χ0n) is 19.0. The molecule has 4 rings (SSSR count). The minimum atomic E-state index is -0.809. The van der Waals surface area contributed by atoms with Crippen LogP contribution in [-0.2, 0) is 0 Å². The number of carbonyl (C=O) groups excluding carboxylic acids is 1. The predicted molar refractivity (Wildman–Crippen MR) is 123 cm³/mol. The fourth-order valence-corrected chi connectivity index (χ4v) is 4.02. The molecular weight excluding hydrogens is 425 g/mol. The molecule has 1 aliphatic rings. The van der Waals surface area contributed by atoms with Gasteiger partial charge in [-0.05, 0) is 43.7 Å². The van der Waals surface area contributed by atoms with Gasteiger partial charge in [0.15, 0.2) is 11.6 Å². The number of aromatic nitrogens is 5. The first-order valence-electron chi connectivity index (χ1n) is 10.7. The lowest BCUT2D eigenvalue weighted by Crippen LogP contribution is -2.41. The molecule has 3 aromatic rings. The number of amides is 1. The average molecular weight is 454 g/mol. The van der Waals surface area contributed by atoms with Crippen molar-refractivity contribution in [2.75, 3.05) is 10.6 Å². The van der Waals surface area contributed by atoms with Crippen molar-refractivity contribution in [1.29, 1.82) is 0 Å². The summed E-state index contributed by atoms with van der Waals surface area (Å²) in [5.41, 5.74) is 13.6. The van der Waals surface area contributed by atoms with Crippen LogP contribution in [0.4, 0.5) is 21.7 Å². The first-order valence-corrected chi connectivity index (χ1v) is 10.7. The Hall–Kier alpha value is -3.60. The van der Waals surface area contributed by atoms with E-state index in [0.717, 1.165) is 12.5 Å². The standard InChI is InChI=1S/C22H28FN9O/c1-11(24)18(15-9-22(15,3)4)30-21-16(23)8-14(19(25)33)20(31-21)29-13-7-17(12(2)26-10-13)32-27-5-6-28-32/h5-8,10-11,15,18H,9,24H2,1-4H3,(H2,25,33)(H2,29,30,31)/t11-,15?,18-/m0/s1. The van der Waals surface area contributed by atoms with Crippen LogP contribution in [-0.4, -0.2) is 43.0 Å². The van der Waals surface area contributed by atoms with Crippen LogP contribution < -0.4 is 22.1 Å². The molecule has 6 N–H and O–H groups in total. The van der Waals surface area contributed by atoms with Gasteiger partial charge in [0, 0.05) is 12.1 Å². The summed E-state index contributed by atoms with van der Waals surface area (Å²) in [6.45, 7) is 8.00. The quantitative estimate of drug-likeness (QED) is 0.406. The molecule has 1 saturated carbocycles. The van der Waals surface area contributed by atoms with Crippen molar-refractivity contribution in [2.45, 2.75) is 46.2 Å². The highest BCUT2D eigenvalue weighted by Crippen LogP contribution is 2.54. The van der Waals surface area contributed by atoms with Gasteiger partial charge in [0.1, 0.15) is 11.5 Å². The largest absolute Gasteiger partial charge is 0.365 e. The van der Waals surface area contributed by atoms with E-state index in [2.05, 4.69) is 44.6 Å². The molecule has 10 nitrogen and oxygen atoms in total. The second-order valence-electron chi connectivity index (χ2n) is 9.18. The van der Waals surface area contributed by atoms with Gasteiger partial charge in [-0.25, -0.2) is 9.37 Å². The summed E-state index contributed by atoms with van der Waals surface area (Å²) in [4.78, 5) is 22.2. The van der Waals surface area contributed by atoms with Gasteiger partial charge in [-0.2, -0.15) is 10.2 Å². The highest BCUT2D eigenvalue weighted by molar-refractivity contribution is 5.98. The van der Waals surface area contributed by atoms with Crippen molar-refractivity contribution in [1.82, 2.24) is 25.0 Å². The molecule has 1 unspecified atom stereocenters. The van der Waals surface area contributed by atoms with Gasteiger partial charge >= 0.3 is 0 Å². The van der Waals surface area contributed by atoms with E-state index in [1.807, 2.05) is 13.8 Å². The highest BCUT2D eigenvalue weighted by atomic mass is 19.1. The predicted octanol–water partition coefficient (Wildman–Crippen LogP) is 2.52. The Morgan fingerprint density at radius 1 is 1.27 bits per heavy atom. The van der Waals surface area contributed by atoms with Crippen LogP contribution in [0.15, 0.2) is 30.7 Å². The van der Waals surface area contributed by atoms with Crippen LogP contribution in [0, 0.1) is 24.1 Å². The molecule has 11 heteroatoms. The topological polar surface area (TPSA) is 150 Å². The molecule has 3 aromatic heterocycles. The molecule has 0 radical (unpaired) electrons. The van der Waals surface area contributed by atoms with Crippen molar-refractivity contribution in [2.24, 2.45) is 22.8 Å². The maximum Gasteiger partial charge on any atom is 0.252 e. The van der Waals surface area contributed by atoms with Gasteiger partial charge in [0.05, 0.1) is 35.5 Å². The Morgan fingerprint density at radius 3 is 2.52 bits per heavy atom. The van der Waals surface area contributed by atoms with E-state index >= 15 is 0 Å². The minimum Gasteiger partial charge on any atom is -0.365 e. The zero-order valence-corrected chi connectivity index (χ0v) is 19.0. The van der Waals surface area contributed by atoms with E-state index in [-0.39, 0.29) is 40.6 Å². The Bertz CT molecular complexity index is 1180. The van der Waals surface area contributed by atoms with Crippen molar-refractivity contribution < 1.29 is 9.18 Å². The van der Waals surface area contributed by atoms with Gasteiger partial charge < -0.3 is 22.1 Å². The summed E-state index contributed by atoms with van der Waals surface area (Å²) < 4.78 is 14.9. The van der Waals surface area contributed by atoms with Crippen LogP contribution in [0.25, 0.3) is 5.69 Å². The Kier molecular flexibility index (Phi) is 5.75. The lowest BCUT2D eigenvalue weighted by atomic mass is 9.99. The third kappa shape index (κ3) is 4.63. The second kappa shape index (κ2) is 8.39. The molecule has 0 spiro atoms. The van der Waals surface area contributed by atoms with Crippen LogP contribution in [0.3, 0.4) is 0 Å². The third-order valence-corrected chi connectivity index (χ3v) is 6.09. The van der Waals surface area contributed by atoms with Gasteiger partial charge in [-0.3, -0.25) is 9.78 Å².